The first-order chi connectivity index (χ1) is 8.88. The lowest BCUT2D eigenvalue weighted by molar-refractivity contribution is 0.916. The summed E-state index contributed by atoms with van der Waals surface area (Å²) in [6.07, 6.45) is 3.54. The molecule has 86 valence electrons. The van der Waals surface area contributed by atoms with Crippen LogP contribution in [0.1, 0.15) is 5.56 Å². The molecule has 0 unspecified atom stereocenters. The zero-order valence-corrected chi connectivity index (χ0v) is 10.0. The molecule has 0 fully saturated rings. The van der Waals surface area contributed by atoms with Gasteiger partial charge in [0.1, 0.15) is 11.1 Å². The summed E-state index contributed by atoms with van der Waals surface area (Å²) in [7, 11) is 0. The Kier molecular flexibility index (Phi) is 2.67. The van der Waals surface area contributed by atoms with Crippen LogP contribution in [-0.4, -0.2) is 19.6 Å². The highest BCUT2D eigenvalue weighted by Gasteiger charge is 2.10. The highest BCUT2D eigenvalue weighted by molar-refractivity contribution is 7.99. The number of aromatic nitrogens is 4. The predicted molar refractivity (Wildman–Crippen MR) is 66.1 cm³/mol. The molecule has 3 aromatic heterocycles. The fraction of sp³-hybridized carbons (Fsp3) is 0. The Bertz CT molecular complexity index is 743. The van der Waals surface area contributed by atoms with E-state index in [1.807, 2.05) is 28.8 Å². The summed E-state index contributed by atoms with van der Waals surface area (Å²) in [5.74, 6) is 0. The van der Waals surface area contributed by atoms with E-state index in [1.165, 1.54) is 11.8 Å². The summed E-state index contributed by atoms with van der Waals surface area (Å²) in [6, 6.07) is 11.3. The second-order valence-corrected chi connectivity index (χ2v) is 4.44. The minimum absolute atomic E-state index is 0.537. The van der Waals surface area contributed by atoms with Crippen LogP contribution in [0.2, 0.25) is 0 Å². The number of rotatable bonds is 2. The van der Waals surface area contributed by atoms with Crippen molar-refractivity contribution in [2.24, 2.45) is 0 Å². The van der Waals surface area contributed by atoms with Crippen LogP contribution >= 0.6 is 11.8 Å². The third-order valence-corrected chi connectivity index (χ3v) is 3.34. The van der Waals surface area contributed by atoms with Crippen molar-refractivity contribution in [3.63, 3.8) is 0 Å². The molecule has 3 heterocycles. The van der Waals surface area contributed by atoms with Crippen LogP contribution in [0.15, 0.2) is 52.9 Å². The maximum Gasteiger partial charge on any atom is 0.201 e. The Hall–Kier alpha value is -2.39. The van der Waals surface area contributed by atoms with Gasteiger partial charge in [0, 0.05) is 12.4 Å². The molecule has 0 saturated heterocycles. The molecule has 5 nitrogen and oxygen atoms in total. The van der Waals surface area contributed by atoms with Crippen LogP contribution in [0.5, 0.6) is 0 Å². The Labute approximate surface area is 107 Å². The quantitative estimate of drug-likeness (QED) is 0.700. The largest absolute Gasteiger partial charge is 0.277 e. The summed E-state index contributed by atoms with van der Waals surface area (Å²) < 4.78 is 1.86. The SMILES string of the molecule is N#Cc1cccnc1Sc1nnc2ccccn12. The Morgan fingerprint density at radius 3 is 3.00 bits per heavy atom. The molecule has 0 aliphatic carbocycles. The lowest BCUT2D eigenvalue weighted by Gasteiger charge is -2.00. The fourth-order valence-corrected chi connectivity index (χ4v) is 2.38. The van der Waals surface area contributed by atoms with E-state index in [2.05, 4.69) is 21.3 Å². The normalized spacial score (nSPS) is 10.4. The molecule has 0 amide bonds. The van der Waals surface area contributed by atoms with E-state index in [0.29, 0.717) is 15.7 Å². The second kappa shape index (κ2) is 4.47. The van der Waals surface area contributed by atoms with E-state index in [0.717, 1.165) is 5.65 Å². The summed E-state index contributed by atoms with van der Waals surface area (Å²) in [4.78, 5) is 4.19. The Balaban J connectivity index is 2.05. The molecule has 3 aromatic rings. The number of fused-ring (bicyclic) bond motifs is 1. The van der Waals surface area contributed by atoms with Crippen molar-refractivity contribution in [1.82, 2.24) is 19.6 Å². The van der Waals surface area contributed by atoms with Gasteiger partial charge in [0.25, 0.3) is 0 Å². The molecule has 0 radical (unpaired) electrons. The Morgan fingerprint density at radius 2 is 2.11 bits per heavy atom. The van der Waals surface area contributed by atoms with Crippen molar-refractivity contribution in [1.29, 1.82) is 5.26 Å². The zero-order valence-electron chi connectivity index (χ0n) is 9.19. The van der Waals surface area contributed by atoms with Crippen LogP contribution in [0.4, 0.5) is 0 Å². The molecule has 0 aliphatic rings. The van der Waals surface area contributed by atoms with Crippen molar-refractivity contribution in [2.45, 2.75) is 10.2 Å². The first-order valence-corrected chi connectivity index (χ1v) is 6.03. The number of nitriles is 1. The number of hydrogen-bond donors (Lipinski definition) is 0. The maximum absolute atomic E-state index is 9.01. The van der Waals surface area contributed by atoms with Crippen molar-refractivity contribution in [3.05, 3.63) is 48.3 Å². The summed E-state index contributed by atoms with van der Waals surface area (Å²) >= 11 is 1.33. The smallest absolute Gasteiger partial charge is 0.201 e. The van der Waals surface area contributed by atoms with Crippen LogP contribution < -0.4 is 0 Å². The van der Waals surface area contributed by atoms with E-state index in [-0.39, 0.29) is 0 Å². The third-order valence-electron chi connectivity index (χ3n) is 2.36. The van der Waals surface area contributed by atoms with Gasteiger partial charge in [-0.25, -0.2) is 4.98 Å². The zero-order chi connectivity index (χ0) is 12.4. The van der Waals surface area contributed by atoms with Crippen molar-refractivity contribution in [2.75, 3.05) is 0 Å². The molecule has 0 saturated carbocycles. The highest BCUT2D eigenvalue weighted by atomic mass is 32.2. The molecule has 0 aliphatic heterocycles. The van der Waals surface area contributed by atoms with E-state index in [1.54, 1.807) is 18.3 Å². The van der Waals surface area contributed by atoms with Crippen molar-refractivity contribution >= 4 is 17.4 Å². The first-order valence-electron chi connectivity index (χ1n) is 5.21. The minimum Gasteiger partial charge on any atom is -0.277 e. The van der Waals surface area contributed by atoms with Gasteiger partial charge in [0.2, 0.25) is 5.16 Å². The molecule has 0 bridgehead atoms. The molecular weight excluding hydrogens is 246 g/mol. The predicted octanol–water partition coefficient (Wildman–Crippen LogP) is 2.15. The molecular formula is C12H7N5S. The number of pyridine rings is 2. The van der Waals surface area contributed by atoms with Gasteiger partial charge in [-0.1, -0.05) is 6.07 Å². The van der Waals surface area contributed by atoms with Crippen LogP contribution in [0.25, 0.3) is 5.65 Å². The minimum atomic E-state index is 0.537. The lowest BCUT2D eigenvalue weighted by Crippen LogP contribution is -1.89. The van der Waals surface area contributed by atoms with E-state index in [4.69, 9.17) is 5.26 Å². The van der Waals surface area contributed by atoms with Gasteiger partial charge < -0.3 is 0 Å². The number of nitrogens with zero attached hydrogens (tertiary/aromatic N) is 5. The second-order valence-electron chi connectivity index (χ2n) is 3.48. The number of hydrogen-bond acceptors (Lipinski definition) is 5. The van der Waals surface area contributed by atoms with E-state index in [9.17, 15) is 0 Å². The van der Waals surface area contributed by atoms with Crippen LogP contribution in [0, 0.1) is 11.3 Å². The standard InChI is InChI=1S/C12H7N5S/c13-8-9-4-3-6-14-11(9)18-12-16-15-10-5-1-2-7-17(10)12/h1-7H. The van der Waals surface area contributed by atoms with Gasteiger partial charge in [-0.15, -0.1) is 10.2 Å². The monoisotopic (exact) mass is 253 g/mol. The van der Waals surface area contributed by atoms with Gasteiger partial charge in [0.15, 0.2) is 5.65 Å². The van der Waals surface area contributed by atoms with Crippen LogP contribution in [-0.2, 0) is 0 Å². The maximum atomic E-state index is 9.01. The molecule has 0 spiro atoms. The van der Waals surface area contributed by atoms with Crippen molar-refractivity contribution < 1.29 is 0 Å². The van der Waals surface area contributed by atoms with Gasteiger partial charge in [0.05, 0.1) is 5.56 Å². The summed E-state index contributed by atoms with van der Waals surface area (Å²) in [5, 5.41) is 18.5. The fourth-order valence-electron chi connectivity index (χ4n) is 1.53. The topological polar surface area (TPSA) is 66.9 Å². The van der Waals surface area contributed by atoms with Gasteiger partial charge in [-0.2, -0.15) is 5.26 Å². The lowest BCUT2D eigenvalue weighted by atomic mass is 10.3. The van der Waals surface area contributed by atoms with Gasteiger partial charge in [-0.3, -0.25) is 4.40 Å². The van der Waals surface area contributed by atoms with Gasteiger partial charge >= 0.3 is 0 Å². The molecule has 0 N–H and O–H groups in total. The Morgan fingerprint density at radius 1 is 1.17 bits per heavy atom. The first kappa shape index (κ1) is 10.7. The molecule has 0 atom stereocenters. The third kappa shape index (κ3) is 1.81. The molecule has 3 rings (SSSR count). The van der Waals surface area contributed by atoms with E-state index < -0.39 is 0 Å². The molecule has 18 heavy (non-hydrogen) atoms. The van der Waals surface area contributed by atoms with Crippen molar-refractivity contribution in [3.8, 4) is 6.07 Å². The van der Waals surface area contributed by atoms with Crippen LogP contribution in [0.3, 0.4) is 0 Å². The molecule has 0 aromatic carbocycles. The average Bonchev–Trinajstić information content (AvgIpc) is 2.83. The van der Waals surface area contributed by atoms with Gasteiger partial charge in [-0.05, 0) is 36.0 Å². The average molecular weight is 253 g/mol. The highest BCUT2D eigenvalue weighted by Crippen LogP contribution is 2.26. The summed E-state index contributed by atoms with van der Waals surface area (Å²) in [5.41, 5.74) is 1.31. The molecule has 6 heteroatoms. The summed E-state index contributed by atoms with van der Waals surface area (Å²) in [6.45, 7) is 0. The van der Waals surface area contributed by atoms with E-state index >= 15 is 0 Å².